The summed E-state index contributed by atoms with van der Waals surface area (Å²) in [5.41, 5.74) is -0.210. The molecule has 0 amide bonds. The number of ketones is 1. The Morgan fingerprint density at radius 1 is 1.29 bits per heavy atom. The molecule has 0 heterocycles. The van der Waals surface area contributed by atoms with E-state index in [4.69, 9.17) is 0 Å². The first kappa shape index (κ1) is 13.1. The van der Waals surface area contributed by atoms with E-state index >= 15 is 0 Å². The van der Waals surface area contributed by atoms with E-state index in [1.807, 2.05) is 0 Å². The van der Waals surface area contributed by atoms with Crippen molar-refractivity contribution in [3.63, 3.8) is 0 Å². The van der Waals surface area contributed by atoms with Crippen molar-refractivity contribution in [1.82, 2.24) is 0 Å². The molecule has 0 fully saturated rings. The molecule has 0 aliphatic heterocycles. The maximum absolute atomic E-state index is 11.8. The molecule has 0 aliphatic rings. The van der Waals surface area contributed by atoms with Gasteiger partial charge >= 0.3 is 11.9 Å². The number of carbonyl (C=O) groups is 2. The number of ether oxygens (including phenoxy) is 2. The predicted octanol–water partition coefficient (Wildman–Crippen LogP) is 0.430. The summed E-state index contributed by atoms with van der Waals surface area (Å²) in [6.07, 6.45) is 0. The van der Waals surface area contributed by atoms with Gasteiger partial charge in [-0.1, -0.05) is 12.1 Å². The van der Waals surface area contributed by atoms with Crippen LogP contribution in [-0.2, 0) is 14.3 Å². The van der Waals surface area contributed by atoms with Crippen molar-refractivity contribution < 1.29 is 29.3 Å². The Balaban J connectivity index is 3.10. The smallest absolute Gasteiger partial charge is 0.395 e. The van der Waals surface area contributed by atoms with Crippen molar-refractivity contribution in [3.05, 3.63) is 29.8 Å². The second-order valence-corrected chi connectivity index (χ2v) is 3.23. The first-order valence-corrected chi connectivity index (χ1v) is 4.70. The highest BCUT2D eigenvalue weighted by atomic mass is 16.8. The Kier molecular flexibility index (Phi) is 3.82. The summed E-state index contributed by atoms with van der Waals surface area (Å²) in [6.45, 7) is 1.02. The lowest BCUT2D eigenvalue weighted by molar-refractivity contribution is -0.293. The highest BCUT2D eigenvalue weighted by Crippen LogP contribution is 2.23. The summed E-state index contributed by atoms with van der Waals surface area (Å²) in [6, 6.07) is 5.52. The Hall–Kier alpha value is -1.92. The summed E-state index contributed by atoms with van der Waals surface area (Å²) < 4.78 is 8.86. The van der Waals surface area contributed by atoms with Gasteiger partial charge in [-0.15, -0.1) is 0 Å². The molecule has 6 heteroatoms. The minimum atomic E-state index is -2.73. The molecular formula is C11H12O6. The summed E-state index contributed by atoms with van der Waals surface area (Å²) in [7, 11) is 1.00. The molecule has 17 heavy (non-hydrogen) atoms. The van der Waals surface area contributed by atoms with Crippen molar-refractivity contribution in [3.8, 4) is 5.75 Å². The van der Waals surface area contributed by atoms with Gasteiger partial charge in [0.15, 0.2) is 0 Å². The van der Waals surface area contributed by atoms with Gasteiger partial charge in [-0.05, 0) is 12.1 Å². The van der Waals surface area contributed by atoms with Crippen molar-refractivity contribution in [2.75, 3.05) is 7.11 Å². The maximum Gasteiger partial charge on any atom is 0.395 e. The second-order valence-electron chi connectivity index (χ2n) is 3.23. The van der Waals surface area contributed by atoms with Crippen molar-refractivity contribution in [1.29, 1.82) is 0 Å². The summed E-state index contributed by atoms with van der Waals surface area (Å²) in [5.74, 6) is -5.03. The van der Waals surface area contributed by atoms with E-state index in [1.165, 1.54) is 24.3 Å². The van der Waals surface area contributed by atoms with Gasteiger partial charge in [0, 0.05) is 14.0 Å². The fourth-order valence-electron chi connectivity index (χ4n) is 1.21. The number of carbonyl (C=O) groups excluding carboxylic acids is 2. The third-order valence-electron chi connectivity index (χ3n) is 1.99. The summed E-state index contributed by atoms with van der Waals surface area (Å²) in [5, 5.41) is 19.2. The van der Waals surface area contributed by atoms with Crippen LogP contribution in [0.3, 0.4) is 0 Å². The molecule has 0 saturated carbocycles. The number of aliphatic hydroxyl groups is 1. The number of hydrogen-bond acceptors (Lipinski definition) is 6. The van der Waals surface area contributed by atoms with Gasteiger partial charge in [0.05, 0.1) is 5.56 Å². The standard InChI is InChI=1S/C11H12O6/c1-7(12)17-11(15,16-2)10(14)8-5-3-4-6-9(8)13/h3-6,13,15H,1-2H3. The molecule has 0 bridgehead atoms. The van der Waals surface area contributed by atoms with Gasteiger partial charge in [0.2, 0.25) is 0 Å². The molecule has 92 valence electrons. The normalized spacial score (nSPS) is 13.8. The number of aromatic hydroxyl groups is 1. The molecule has 0 spiro atoms. The molecule has 0 aliphatic carbocycles. The maximum atomic E-state index is 11.8. The van der Waals surface area contributed by atoms with Crippen LogP contribution in [0.5, 0.6) is 5.75 Å². The van der Waals surface area contributed by atoms with E-state index in [2.05, 4.69) is 9.47 Å². The molecule has 1 rings (SSSR count). The fourth-order valence-corrected chi connectivity index (χ4v) is 1.21. The number of hydrogen-bond donors (Lipinski definition) is 2. The molecule has 0 radical (unpaired) electrons. The van der Waals surface area contributed by atoms with Crippen LogP contribution < -0.4 is 0 Å². The van der Waals surface area contributed by atoms with Crippen molar-refractivity contribution in [2.24, 2.45) is 0 Å². The van der Waals surface area contributed by atoms with Gasteiger partial charge in [-0.25, -0.2) is 0 Å². The van der Waals surface area contributed by atoms with E-state index in [0.717, 1.165) is 14.0 Å². The lowest BCUT2D eigenvalue weighted by Gasteiger charge is -2.23. The minimum Gasteiger partial charge on any atom is -0.507 e. The van der Waals surface area contributed by atoms with E-state index in [0.29, 0.717) is 0 Å². The molecule has 1 aromatic carbocycles. The third-order valence-corrected chi connectivity index (χ3v) is 1.99. The van der Waals surface area contributed by atoms with Crippen LogP contribution in [0.4, 0.5) is 0 Å². The average Bonchev–Trinajstić information content (AvgIpc) is 2.27. The fraction of sp³-hybridized carbons (Fsp3) is 0.273. The van der Waals surface area contributed by atoms with Crippen LogP contribution in [0.1, 0.15) is 17.3 Å². The third kappa shape index (κ3) is 2.80. The highest BCUT2D eigenvalue weighted by Gasteiger charge is 2.42. The molecule has 1 atom stereocenters. The zero-order chi connectivity index (χ0) is 13.1. The first-order valence-electron chi connectivity index (χ1n) is 4.70. The number of Topliss-reactive ketones (excluding diaryl/α,β-unsaturated/α-hetero) is 1. The molecular weight excluding hydrogens is 228 g/mol. The summed E-state index contributed by atoms with van der Waals surface area (Å²) >= 11 is 0. The minimum absolute atomic E-state index is 0.210. The first-order chi connectivity index (χ1) is 7.90. The Morgan fingerprint density at radius 2 is 1.88 bits per heavy atom. The molecule has 2 N–H and O–H groups in total. The van der Waals surface area contributed by atoms with Gasteiger partial charge in [-0.3, -0.25) is 9.59 Å². The summed E-state index contributed by atoms with van der Waals surface area (Å²) in [4.78, 5) is 22.6. The topological polar surface area (TPSA) is 93.1 Å². The molecule has 0 aromatic heterocycles. The van der Waals surface area contributed by atoms with Crippen LogP contribution in [0.2, 0.25) is 0 Å². The predicted molar refractivity (Wildman–Crippen MR) is 56.2 cm³/mol. The van der Waals surface area contributed by atoms with Crippen LogP contribution in [0.25, 0.3) is 0 Å². The average molecular weight is 240 g/mol. The lowest BCUT2D eigenvalue weighted by atomic mass is 10.1. The molecule has 0 saturated heterocycles. The van der Waals surface area contributed by atoms with Gasteiger partial charge < -0.3 is 19.7 Å². The highest BCUT2D eigenvalue weighted by molar-refractivity contribution is 6.03. The van der Waals surface area contributed by atoms with Crippen molar-refractivity contribution in [2.45, 2.75) is 12.9 Å². The Labute approximate surface area is 97.4 Å². The number of benzene rings is 1. The number of rotatable bonds is 4. The largest absolute Gasteiger partial charge is 0.507 e. The van der Waals surface area contributed by atoms with Gasteiger partial charge in [0.1, 0.15) is 5.75 Å². The quantitative estimate of drug-likeness (QED) is 0.450. The SMILES string of the molecule is COC(O)(OC(C)=O)C(=O)c1ccccc1O. The zero-order valence-corrected chi connectivity index (χ0v) is 9.34. The van der Waals surface area contributed by atoms with E-state index in [9.17, 15) is 19.8 Å². The lowest BCUT2D eigenvalue weighted by Crippen LogP contribution is -2.44. The molecule has 6 nitrogen and oxygen atoms in total. The van der Waals surface area contributed by atoms with Crippen LogP contribution in [-0.4, -0.2) is 35.0 Å². The van der Waals surface area contributed by atoms with E-state index in [-0.39, 0.29) is 11.3 Å². The van der Waals surface area contributed by atoms with Crippen LogP contribution in [0, 0.1) is 0 Å². The number of phenols is 1. The molecule has 1 unspecified atom stereocenters. The van der Waals surface area contributed by atoms with Gasteiger partial charge in [-0.2, -0.15) is 0 Å². The monoisotopic (exact) mass is 240 g/mol. The number of esters is 1. The molecule has 1 aromatic rings. The Morgan fingerprint density at radius 3 is 2.35 bits per heavy atom. The Bertz CT molecular complexity index is 441. The van der Waals surface area contributed by atoms with Crippen LogP contribution >= 0.6 is 0 Å². The number of para-hydroxylation sites is 1. The van der Waals surface area contributed by atoms with Crippen LogP contribution in [0.15, 0.2) is 24.3 Å². The van der Waals surface area contributed by atoms with E-state index < -0.39 is 17.7 Å². The number of phenolic OH excluding ortho intramolecular Hbond substituents is 1. The second kappa shape index (κ2) is 4.94. The van der Waals surface area contributed by atoms with E-state index in [1.54, 1.807) is 0 Å². The number of methoxy groups -OCH3 is 1. The van der Waals surface area contributed by atoms with Gasteiger partial charge in [0.25, 0.3) is 5.78 Å². The van der Waals surface area contributed by atoms with Crippen molar-refractivity contribution >= 4 is 11.8 Å². The zero-order valence-electron chi connectivity index (χ0n) is 9.34.